The molecule has 5 nitrogen and oxygen atoms in total. The van der Waals surface area contributed by atoms with Gasteiger partial charge in [0.1, 0.15) is 11.9 Å². The van der Waals surface area contributed by atoms with Crippen molar-refractivity contribution in [3.63, 3.8) is 0 Å². The Balaban J connectivity index is 1.49. The Morgan fingerprint density at radius 1 is 1.13 bits per heavy atom. The van der Waals surface area contributed by atoms with Crippen LogP contribution in [0.1, 0.15) is 39.9 Å². The van der Waals surface area contributed by atoms with Crippen LogP contribution in [0, 0.1) is 13.8 Å². The van der Waals surface area contributed by atoms with Gasteiger partial charge in [0, 0.05) is 38.3 Å². The molecule has 1 heterocycles. The SMILES string of the molecule is Cc1cc(C)cc(CN2CCC(Oc3ccc(C(=O)NCCN(C)C)cc3Cl)CC2)c1. The van der Waals surface area contributed by atoms with Crippen molar-refractivity contribution in [2.45, 2.75) is 39.3 Å². The zero-order chi connectivity index (χ0) is 22.4. The van der Waals surface area contributed by atoms with Crippen molar-refractivity contribution in [2.75, 3.05) is 40.3 Å². The average molecular weight is 444 g/mol. The van der Waals surface area contributed by atoms with Crippen LogP contribution in [0.4, 0.5) is 0 Å². The molecule has 6 heteroatoms. The van der Waals surface area contributed by atoms with Gasteiger partial charge in [-0.05, 0) is 64.5 Å². The molecule has 0 spiro atoms. The fourth-order valence-corrected chi connectivity index (χ4v) is 4.24. The van der Waals surface area contributed by atoms with Gasteiger partial charge in [-0.15, -0.1) is 0 Å². The van der Waals surface area contributed by atoms with Crippen LogP contribution in [0.2, 0.25) is 5.02 Å². The number of amides is 1. The van der Waals surface area contributed by atoms with Gasteiger partial charge >= 0.3 is 0 Å². The van der Waals surface area contributed by atoms with Gasteiger partial charge in [0.05, 0.1) is 5.02 Å². The molecule has 0 aliphatic carbocycles. The van der Waals surface area contributed by atoms with Gasteiger partial charge in [-0.3, -0.25) is 9.69 Å². The molecule has 1 fully saturated rings. The van der Waals surface area contributed by atoms with E-state index in [1.165, 1.54) is 16.7 Å². The Labute approximate surface area is 191 Å². The first-order valence-corrected chi connectivity index (χ1v) is 11.4. The molecular weight excluding hydrogens is 410 g/mol. The minimum absolute atomic E-state index is 0.116. The highest BCUT2D eigenvalue weighted by Crippen LogP contribution is 2.29. The summed E-state index contributed by atoms with van der Waals surface area (Å²) in [5.41, 5.74) is 4.56. The molecular formula is C25H34ClN3O2. The number of nitrogens with one attached hydrogen (secondary N) is 1. The maximum Gasteiger partial charge on any atom is 0.251 e. The van der Waals surface area contributed by atoms with Gasteiger partial charge in [-0.2, -0.15) is 0 Å². The van der Waals surface area contributed by atoms with Crippen molar-refractivity contribution in [2.24, 2.45) is 0 Å². The van der Waals surface area contributed by atoms with E-state index in [2.05, 4.69) is 42.3 Å². The van der Waals surface area contributed by atoms with Crippen molar-refractivity contribution in [1.29, 1.82) is 0 Å². The van der Waals surface area contributed by atoms with Crippen molar-refractivity contribution < 1.29 is 9.53 Å². The summed E-state index contributed by atoms with van der Waals surface area (Å²) >= 11 is 6.42. The predicted octanol–water partition coefficient (Wildman–Crippen LogP) is 4.29. The largest absolute Gasteiger partial charge is 0.489 e. The highest BCUT2D eigenvalue weighted by Gasteiger charge is 2.22. The Bertz CT molecular complexity index is 872. The third kappa shape index (κ3) is 7.23. The third-order valence-corrected chi connectivity index (χ3v) is 5.85. The summed E-state index contributed by atoms with van der Waals surface area (Å²) in [5.74, 6) is 0.536. The van der Waals surface area contributed by atoms with E-state index in [-0.39, 0.29) is 12.0 Å². The summed E-state index contributed by atoms with van der Waals surface area (Å²) in [5, 5.41) is 3.39. The lowest BCUT2D eigenvalue weighted by Gasteiger charge is -2.32. The molecule has 3 rings (SSSR count). The molecule has 1 N–H and O–H groups in total. The molecule has 2 aromatic rings. The number of aryl methyl sites for hydroxylation is 2. The molecule has 168 valence electrons. The Morgan fingerprint density at radius 3 is 2.42 bits per heavy atom. The fourth-order valence-electron chi connectivity index (χ4n) is 4.02. The number of piperidine rings is 1. The van der Waals surface area contributed by atoms with Crippen molar-refractivity contribution in [3.05, 3.63) is 63.7 Å². The summed E-state index contributed by atoms with van der Waals surface area (Å²) in [7, 11) is 3.95. The number of likely N-dealkylation sites (tertiary alicyclic amines) is 1. The summed E-state index contributed by atoms with van der Waals surface area (Å²) < 4.78 is 6.17. The predicted molar refractivity (Wildman–Crippen MR) is 127 cm³/mol. The second-order valence-corrected chi connectivity index (χ2v) is 9.20. The number of ether oxygens (including phenoxy) is 1. The van der Waals surface area contributed by atoms with E-state index in [4.69, 9.17) is 16.3 Å². The van der Waals surface area contributed by atoms with E-state index in [0.29, 0.717) is 22.9 Å². The number of halogens is 1. The van der Waals surface area contributed by atoms with Crippen LogP contribution >= 0.6 is 11.6 Å². The maximum absolute atomic E-state index is 12.3. The van der Waals surface area contributed by atoms with Crippen LogP contribution < -0.4 is 10.1 Å². The number of nitrogens with zero attached hydrogens (tertiary/aromatic N) is 2. The summed E-state index contributed by atoms with van der Waals surface area (Å²) in [6.07, 6.45) is 2.08. The molecule has 1 aliphatic heterocycles. The van der Waals surface area contributed by atoms with Gasteiger partial charge in [0.2, 0.25) is 0 Å². The lowest BCUT2D eigenvalue weighted by Crippen LogP contribution is -2.37. The van der Waals surface area contributed by atoms with Crippen molar-refractivity contribution >= 4 is 17.5 Å². The van der Waals surface area contributed by atoms with Gasteiger partial charge in [0.15, 0.2) is 0 Å². The summed E-state index contributed by atoms with van der Waals surface area (Å²) in [6, 6.07) is 12.0. The van der Waals surface area contributed by atoms with E-state index in [1.54, 1.807) is 12.1 Å². The molecule has 0 saturated carbocycles. The first-order valence-electron chi connectivity index (χ1n) is 11.0. The van der Waals surface area contributed by atoms with Crippen LogP contribution in [-0.2, 0) is 6.54 Å². The van der Waals surface area contributed by atoms with E-state index in [0.717, 1.165) is 39.0 Å². The number of hydrogen-bond donors (Lipinski definition) is 1. The van der Waals surface area contributed by atoms with E-state index in [1.807, 2.05) is 25.1 Å². The van der Waals surface area contributed by atoms with Crippen molar-refractivity contribution in [3.8, 4) is 5.75 Å². The first kappa shape index (κ1) is 23.6. The van der Waals surface area contributed by atoms with Crippen LogP contribution in [0.25, 0.3) is 0 Å². The van der Waals surface area contributed by atoms with E-state index >= 15 is 0 Å². The van der Waals surface area contributed by atoms with Crippen LogP contribution in [-0.4, -0.2) is 62.1 Å². The summed E-state index contributed by atoms with van der Waals surface area (Å²) in [6.45, 7) is 8.68. The Morgan fingerprint density at radius 2 is 1.81 bits per heavy atom. The molecule has 0 aromatic heterocycles. The molecule has 1 saturated heterocycles. The summed E-state index contributed by atoms with van der Waals surface area (Å²) in [4.78, 5) is 16.8. The number of carbonyl (C=O) groups excluding carboxylic acids is 1. The Kier molecular flexibility index (Phi) is 8.35. The monoisotopic (exact) mass is 443 g/mol. The van der Waals surface area contributed by atoms with E-state index in [9.17, 15) is 4.79 Å². The number of carbonyl (C=O) groups is 1. The first-order chi connectivity index (χ1) is 14.8. The second kappa shape index (κ2) is 11.0. The van der Waals surface area contributed by atoms with Crippen LogP contribution in [0.3, 0.4) is 0 Å². The smallest absolute Gasteiger partial charge is 0.251 e. The number of rotatable bonds is 8. The maximum atomic E-state index is 12.3. The number of hydrogen-bond acceptors (Lipinski definition) is 4. The van der Waals surface area contributed by atoms with Crippen LogP contribution in [0.5, 0.6) is 5.75 Å². The number of benzene rings is 2. The van der Waals surface area contributed by atoms with Gasteiger partial charge in [-0.25, -0.2) is 0 Å². The second-order valence-electron chi connectivity index (χ2n) is 8.79. The minimum Gasteiger partial charge on any atom is -0.489 e. The van der Waals surface area contributed by atoms with Crippen molar-refractivity contribution in [1.82, 2.24) is 15.1 Å². The van der Waals surface area contributed by atoms with E-state index < -0.39 is 0 Å². The van der Waals surface area contributed by atoms with Gasteiger partial charge < -0.3 is 15.0 Å². The molecule has 0 atom stereocenters. The highest BCUT2D eigenvalue weighted by atomic mass is 35.5. The fraction of sp³-hybridized carbons (Fsp3) is 0.480. The van der Waals surface area contributed by atoms with Gasteiger partial charge in [0.25, 0.3) is 5.91 Å². The molecule has 0 radical (unpaired) electrons. The normalized spacial score (nSPS) is 15.3. The quantitative estimate of drug-likeness (QED) is 0.661. The molecule has 1 amide bonds. The molecule has 1 aliphatic rings. The van der Waals surface area contributed by atoms with Crippen LogP contribution in [0.15, 0.2) is 36.4 Å². The lowest BCUT2D eigenvalue weighted by atomic mass is 10.0. The highest BCUT2D eigenvalue weighted by molar-refractivity contribution is 6.32. The minimum atomic E-state index is -0.116. The third-order valence-electron chi connectivity index (χ3n) is 5.55. The molecule has 0 unspecified atom stereocenters. The standard InChI is InChI=1S/C25H34ClN3O2/c1-18-13-19(2)15-20(14-18)17-29-10-7-22(8-11-29)31-24-6-5-21(16-23(24)26)25(30)27-9-12-28(3)4/h5-6,13-16,22H,7-12,17H2,1-4H3,(H,27,30). The van der Waals surface area contributed by atoms with Gasteiger partial charge in [-0.1, -0.05) is 40.9 Å². The average Bonchev–Trinajstić information content (AvgIpc) is 2.70. The Hall–Kier alpha value is -2.08. The zero-order valence-electron chi connectivity index (χ0n) is 19.1. The number of likely N-dealkylation sites (N-methyl/N-ethyl adjacent to an activating group) is 1. The molecule has 0 bridgehead atoms. The topological polar surface area (TPSA) is 44.8 Å². The molecule has 2 aromatic carbocycles. The lowest BCUT2D eigenvalue weighted by molar-refractivity contribution is 0.0948. The zero-order valence-corrected chi connectivity index (χ0v) is 19.8. The molecule has 31 heavy (non-hydrogen) atoms.